The molecule has 0 bridgehead atoms. The maximum absolute atomic E-state index is 9.24. The number of hydrogen-bond donors (Lipinski definition) is 0. The van der Waals surface area contributed by atoms with Gasteiger partial charge in [-0.15, -0.1) is 0 Å². The van der Waals surface area contributed by atoms with Crippen LogP contribution in [0.2, 0.25) is 0 Å². The summed E-state index contributed by atoms with van der Waals surface area (Å²) in [7, 11) is 0. The van der Waals surface area contributed by atoms with Crippen LogP contribution in [0.5, 0.6) is 0 Å². The quantitative estimate of drug-likeness (QED) is 0.568. The topological polar surface area (TPSA) is 36.7 Å². The van der Waals surface area contributed by atoms with E-state index in [9.17, 15) is 5.26 Å². The predicted molar refractivity (Wildman–Crippen MR) is 89.8 cm³/mol. The van der Waals surface area contributed by atoms with Gasteiger partial charge in [-0.2, -0.15) is 5.26 Å². The van der Waals surface area contributed by atoms with Crippen LogP contribution in [0.1, 0.15) is 49.3 Å². The fourth-order valence-electron chi connectivity index (χ4n) is 3.74. The van der Waals surface area contributed by atoms with Crippen LogP contribution in [-0.4, -0.2) is 4.98 Å². The zero-order valence-electron chi connectivity index (χ0n) is 12.5. The highest BCUT2D eigenvalue weighted by atomic mass is 14.7. The van der Waals surface area contributed by atoms with Gasteiger partial charge < -0.3 is 0 Å². The van der Waals surface area contributed by atoms with Crippen LogP contribution >= 0.6 is 0 Å². The second-order valence-electron chi connectivity index (χ2n) is 6.22. The first-order chi connectivity index (χ1) is 10.9. The summed E-state index contributed by atoms with van der Waals surface area (Å²) in [4.78, 5) is 4.99. The normalized spacial score (nSPS) is 16.0. The van der Waals surface area contributed by atoms with Crippen LogP contribution in [0.3, 0.4) is 0 Å². The summed E-state index contributed by atoms with van der Waals surface area (Å²) in [5.41, 5.74) is 2.99. The number of benzene rings is 2. The van der Waals surface area contributed by atoms with E-state index in [-0.39, 0.29) is 0 Å². The summed E-state index contributed by atoms with van der Waals surface area (Å²) in [6.45, 7) is 0. The van der Waals surface area contributed by atoms with Gasteiger partial charge in [-0.3, -0.25) is 4.98 Å². The number of fused-ring (bicyclic) bond motifs is 3. The van der Waals surface area contributed by atoms with Crippen molar-refractivity contribution in [2.45, 2.75) is 38.0 Å². The predicted octanol–water partition coefficient (Wildman–Crippen LogP) is 5.31. The average molecular weight is 286 g/mol. The molecule has 2 nitrogen and oxygen atoms in total. The second-order valence-corrected chi connectivity index (χ2v) is 6.22. The summed E-state index contributed by atoms with van der Waals surface area (Å²) in [6.07, 6.45) is 6.36. The maximum Gasteiger partial charge on any atom is 0.0991 e. The highest BCUT2D eigenvalue weighted by molar-refractivity contribution is 6.07. The van der Waals surface area contributed by atoms with E-state index in [0.717, 1.165) is 11.1 Å². The van der Waals surface area contributed by atoms with Gasteiger partial charge in [-0.05, 0) is 36.4 Å². The second kappa shape index (κ2) is 5.42. The van der Waals surface area contributed by atoms with Gasteiger partial charge >= 0.3 is 0 Å². The fourth-order valence-corrected chi connectivity index (χ4v) is 3.74. The zero-order valence-corrected chi connectivity index (χ0v) is 12.5. The highest BCUT2D eigenvalue weighted by Crippen LogP contribution is 2.37. The molecule has 1 aromatic heterocycles. The van der Waals surface area contributed by atoms with Crippen LogP contribution in [0.25, 0.3) is 21.7 Å². The largest absolute Gasteiger partial charge is 0.252 e. The van der Waals surface area contributed by atoms with Crippen molar-refractivity contribution in [3.63, 3.8) is 0 Å². The molecule has 2 heteroatoms. The van der Waals surface area contributed by atoms with Gasteiger partial charge in [0.25, 0.3) is 0 Å². The van der Waals surface area contributed by atoms with Gasteiger partial charge in [0.1, 0.15) is 0 Å². The molecule has 2 aromatic carbocycles. The third-order valence-electron chi connectivity index (χ3n) is 4.85. The molecule has 1 saturated carbocycles. The Hall–Kier alpha value is -2.40. The molecule has 0 atom stereocenters. The van der Waals surface area contributed by atoms with E-state index < -0.39 is 0 Å². The summed E-state index contributed by atoms with van der Waals surface area (Å²) in [5, 5.41) is 12.8. The average Bonchev–Trinajstić information content (AvgIpc) is 2.61. The Balaban J connectivity index is 2.04. The van der Waals surface area contributed by atoms with Crippen molar-refractivity contribution in [1.82, 2.24) is 4.98 Å². The van der Waals surface area contributed by atoms with Crippen molar-refractivity contribution in [3.8, 4) is 6.07 Å². The Labute approximate surface area is 130 Å². The van der Waals surface area contributed by atoms with Gasteiger partial charge in [0.05, 0.1) is 22.8 Å². The SMILES string of the molecule is N#Cc1ccc2c(c1)c(C1CCCCC1)nc1ccccc12. The number of nitriles is 1. The first-order valence-electron chi connectivity index (χ1n) is 8.09. The molecule has 0 amide bonds. The summed E-state index contributed by atoms with van der Waals surface area (Å²) in [6, 6.07) is 16.6. The number of para-hydroxylation sites is 1. The molecule has 1 fully saturated rings. The van der Waals surface area contributed by atoms with Crippen molar-refractivity contribution < 1.29 is 0 Å². The van der Waals surface area contributed by atoms with E-state index in [1.165, 1.54) is 54.0 Å². The molecule has 0 unspecified atom stereocenters. The van der Waals surface area contributed by atoms with Gasteiger partial charge in [0, 0.05) is 16.7 Å². The highest BCUT2D eigenvalue weighted by Gasteiger charge is 2.20. The number of aromatic nitrogens is 1. The Morgan fingerprint density at radius 2 is 1.73 bits per heavy atom. The lowest BCUT2D eigenvalue weighted by Crippen LogP contribution is -2.07. The number of pyridine rings is 1. The molecule has 3 aromatic rings. The standard InChI is InChI=1S/C20H18N2/c21-13-14-10-11-16-17-8-4-5-9-19(17)22-20(18(16)12-14)15-6-2-1-3-7-15/h4-5,8-12,15H,1-3,6-7H2. The molecule has 4 rings (SSSR count). The lowest BCUT2D eigenvalue weighted by molar-refractivity contribution is 0.439. The number of hydrogen-bond acceptors (Lipinski definition) is 2. The Kier molecular flexibility index (Phi) is 3.27. The van der Waals surface area contributed by atoms with Crippen LogP contribution in [0, 0.1) is 11.3 Å². The summed E-state index contributed by atoms with van der Waals surface area (Å²) >= 11 is 0. The molecular formula is C20H18N2. The molecule has 1 aliphatic rings. The zero-order chi connectivity index (χ0) is 14.9. The van der Waals surface area contributed by atoms with Crippen LogP contribution < -0.4 is 0 Å². The molecule has 0 aliphatic heterocycles. The van der Waals surface area contributed by atoms with Crippen molar-refractivity contribution >= 4 is 21.7 Å². The fraction of sp³-hybridized carbons (Fsp3) is 0.300. The minimum atomic E-state index is 0.537. The number of rotatable bonds is 1. The first kappa shape index (κ1) is 13.3. The molecule has 0 saturated heterocycles. The van der Waals surface area contributed by atoms with Crippen molar-refractivity contribution in [2.24, 2.45) is 0 Å². The minimum Gasteiger partial charge on any atom is -0.252 e. The Morgan fingerprint density at radius 3 is 2.55 bits per heavy atom. The molecule has 1 aliphatic carbocycles. The summed E-state index contributed by atoms with van der Waals surface area (Å²) < 4.78 is 0. The first-order valence-corrected chi connectivity index (χ1v) is 8.09. The van der Waals surface area contributed by atoms with Gasteiger partial charge in [-0.25, -0.2) is 0 Å². The van der Waals surface area contributed by atoms with Gasteiger partial charge in [-0.1, -0.05) is 43.5 Å². The van der Waals surface area contributed by atoms with Crippen LogP contribution in [0.15, 0.2) is 42.5 Å². The van der Waals surface area contributed by atoms with Gasteiger partial charge in [0.15, 0.2) is 0 Å². The molecule has 108 valence electrons. The Morgan fingerprint density at radius 1 is 0.909 bits per heavy atom. The maximum atomic E-state index is 9.24. The lowest BCUT2D eigenvalue weighted by atomic mass is 9.84. The Bertz CT molecular complexity index is 883. The summed E-state index contributed by atoms with van der Waals surface area (Å²) in [5.74, 6) is 0.537. The number of nitrogens with zero attached hydrogens (tertiary/aromatic N) is 2. The van der Waals surface area contributed by atoms with Crippen molar-refractivity contribution in [2.75, 3.05) is 0 Å². The van der Waals surface area contributed by atoms with E-state index in [2.05, 4.69) is 36.4 Å². The monoisotopic (exact) mass is 286 g/mol. The van der Waals surface area contributed by atoms with E-state index >= 15 is 0 Å². The van der Waals surface area contributed by atoms with E-state index in [0.29, 0.717) is 5.92 Å². The minimum absolute atomic E-state index is 0.537. The smallest absolute Gasteiger partial charge is 0.0991 e. The van der Waals surface area contributed by atoms with Crippen LogP contribution in [-0.2, 0) is 0 Å². The lowest BCUT2D eigenvalue weighted by Gasteiger charge is -2.23. The molecule has 1 heterocycles. The van der Waals surface area contributed by atoms with E-state index in [1.54, 1.807) is 0 Å². The van der Waals surface area contributed by atoms with Crippen LogP contribution in [0.4, 0.5) is 0 Å². The third-order valence-corrected chi connectivity index (χ3v) is 4.85. The van der Waals surface area contributed by atoms with Gasteiger partial charge in [0.2, 0.25) is 0 Å². The molecular weight excluding hydrogens is 268 g/mol. The molecule has 0 spiro atoms. The molecule has 22 heavy (non-hydrogen) atoms. The van der Waals surface area contributed by atoms with E-state index in [1.807, 2.05) is 12.1 Å². The molecule has 0 N–H and O–H groups in total. The van der Waals surface area contributed by atoms with E-state index in [4.69, 9.17) is 4.98 Å². The third kappa shape index (κ3) is 2.14. The van der Waals surface area contributed by atoms with Crippen molar-refractivity contribution in [1.29, 1.82) is 5.26 Å². The molecule has 0 radical (unpaired) electrons. The van der Waals surface area contributed by atoms with Crippen molar-refractivity contribution in [3.05, 3.63) is 53.7 Å².